The van der Waals surface area contributed by atoms with Crippen LogP contribution in [0.25, 0.3) is 0 Å². The first-order valence-electron chi connectivity index (χ1n) is 11.8. The molecule has 0 fully saturated rings. The number of fused-ring (bicyclic) bond motifs is 1. The molecule has 2 aromatic carbocycles. The van der Waals surface area contributed by atoms with Crippen LogP contribution in [0.2, 0.25) is 0 Å². The zero-order chi connectivity index (χ0) is 26.9. The third kappa shape index (κ3) is 4.91. The molecule has 0 radical (unpaired) electrons. The van der Waals surface area contributed by atoms with Crippen LogP contribution in [0.15, 0.2) is 35.3 Å². The van der Waals surface area contributed by atoms with E-state index in [9.17, 15) is 9.59 Å². The number of thiophene rings is 1. The van der Waals surface area contributed by atoms with Gasteiger partial charge in [-0.3, -0.25) is 19.5 Å². The summed E-state index contributed by atoms with van der Waals surface area (Å²) in [5.41, 5.74) is 5.89. The fourth-order valence-electron chi connectivity index (χ4n) is 4.45. The molecule has 0 aliphatic carbocycles. The molecule has 0 atom stereocenters. The number of carbonyl (C=O) groups is 2. The molecule has 0 bridgehead atoms. The fraction of sp³-hybridized carbons (Fsp3) is 0.321. The zero-order valence-corrected chi connectivity index (χ0v) is 23.0. The van der Waals surface area contributed by atoms with Gasteiger partial charge < -0.3 is 19.5 Å². The second-order valence-corrected chi connectivity index (χ2v) is 10.0. The smallest absolute Gasteiger partial charge is 0.249 e. The topological polar surface area (TPSA) is 89.5 Å². The number of para-hydroxylation sites is 1. The van der Waals surface area contributed by atoms with Gasteiger partial charge >= 0.3 is 0 Å². The molecule has 9 heteroatoms. The van der Waals surface area contributed by atoms with E-state index in [4.69, 9.17) is 19.2 Å². The maximum atomic E-state index is 13.3. The number of methoxy groups -OCH3 is 3. The van der Waals surface area contributed by atoms with Crippen LogP contribution in [0.5, 0.6) is 17.2 Å². The predicted molar refractivity (Wildman–Crippen MR) is 147 cm³/mol. The Morgan fingerprint density at radius 2 is 1.65 bits per heavy atom. The third-order valence-electron chi connectivity index (χ3n) is 6.51. The molecule has 0 saturated carbocycles. The number of anilines is 2. The highest BCUT2D eigenvalue weighted by molar-refractivity contribution is 7.17. The van der Waals surface area contributed by atoms with E-state index >= 15 is 0 Å². The molecule has 0 unspecified atom stereocenters. The minimum atomic E-state index is -0.267. The highest BCUT2D eigenvalue weighted by Crippen LogP contribution is 2.42. The Kier molecular flexibility index (Phi) is 7.54. The van der Waals surface area contributed by atoms with Gasteiger partial charge in [0.1, 0.15) is 18.1 Å². The Balaban J connectivity index is 1.76. The number of aliphatic imine (C=N–C) groups is 1. The summed E-state index contributed by atoms with van der Waals surface area (Å²) < 4.78 is 16.6. The SMILES string of the molecule is COc1cc(C2=NCC(=O)N(CC(=O)Nc3c(C)cccc3C)c3sc(C)c(C)c32)cc(OC)c1OC. The van der Waals surface area contributed by atoms with E-state index in [1.54, 1.807) is 21.3 Å². The summed E-state index contributed by atoms with van der Waals surface area (Å²) in [4.78, 5) is 33.8. The minimum absolute atomic E-state index is 0.0947. The number of hydrogen-bond donors (Lipinski definition) is 1. The average Bonchev–Trinajstić information content (AvgIpc) is 3.09. The van der Waals surface area contributed by atoms with Crippen LogP contribution in [0.1, 0.15) is 32.7 Å². The van der Waals surface area contributed by atoms with Crippen LogP contribution >= 0.6 is 11.3 Å². The normalized spacial score (nSPS) is 13.0. The van der Waals surface area contributed by atoms with Crippen molar-refractivity contribution in [2.24, 2.45) is 4.99 Å². The summed E-state index contributed by atoms with van der Waals surface area (Å²) >= 11 is 1.48. The van der Waals surface area contributed by atoms with Gasteiger partial charge in [0.25, 0.3) is 0 Å². The Labute approximate surface area is 220 Å². The summed E-state index contributed by atoms with van der Waals surface area (Å²) in [5.74, 6) is 0.942. The van der Waals surface area contributed by atoms with Crippen molar-refractivity contribution in [2.75, 3.05) is 44.6 Å². The quantitative estimate of drug-likeness (QED) is 0.481. The van der Waals surface area contributed by atoms with Gasteiger partial charge in [0.2, 0.25) is 17.6 Å². The predicted octanol–water partition coefficient (Wildman–Crippen LogP) is 4.83. The molecule has 1 aliphatic rings. The molecule has 0 saturated heterocycles. The molecule has 2 heterocycles. The summed E-state index contributed by atoms with van der Waals surface area (Å²) in [5, 5.41) is 3.69. The van der Waals surface area contributed by atoms with Crippen molar-refractivity contribution in [2.45, 2.75) is 27.7 Å². The molecule has 2 amide bonds. The molecule has 0 spiro atoms. The first-order chi connectivity index (χ1) is 17.7. The molecule has 8 nitrogen and oxygen atoms in total. The van der Waals surface area contributed by atoms with Crippen molar-refractivity contribution >= 4 is 39.6 Å². The lowest BCUT2D eigenvalue weighted by molar-refractivity contribution is -0.120. The summed E-state index contributed by atoms with van der Waals surface area (Å²) in [6.07, 6.45) is 0. The maximum Gasteiger partial charge on any atom is 0.249 e. The van der Waals surface area contributed by atoms with E-state index in [1.165, 1.54) is 16.2 Å². The minimum Gasteiger partial charge on any atom is -0.493 e. The van der Waals surface area contributed by atoms with Gasteiger partial charge in [-0.05, 0) is 56.5 Å². The van der Waals surface area contributed by atoms with Crippen LogP contribution in [0.3, 0.4) is 0 Å². The van der Waals surface area contributed by atoms with Gasteiger partial charge in [-0.25, -0.2) is 0 Å². The molecular weight excluding hydrogens is 490 g/mol. The molecule has 194 valence electrons. The van der Waals surface area contributed by atoms with Crippen LogP contribution in [0.4, 0.5) is 10.7 Å². The van der Waals surface area contributed by atoms with E-state index in [0.717, 1.165) is 38.4 Å². The maximum absolute atomic E-state index is 13.3. The number of nitrogens with one attached hydrogen (secondary N) is 1. The Morgan fingerprint density at radius 3 is 2.22 bits per heavy atom. The van der Waals surface area contributed by atoms with Crippen LogP contribution in [0, 0.1) is 27.7 Å². The van der Waals surface area contributed by atoms with Crippen molar-refractivity contribution in [3.8, 4) is 17.2 Å². The Morgan fingerprint density at radius 1 is 1.03 bits per heavy atom. The van der Waals surface area contributed by atoms with E-state index in [2.05, 4.69) is 5.32 Å². The van der Waals surface area contributed by atoms with Gasteiger partial charge in [0.05, 0.1) is 27.0 Å². The van der Waals surface area contributed by atoms with Gasteiger partial charge in [-0.1, -0.05) is 18.2 Å². The van der Waals surface area contributed by atoms with Crippen molar-refractivity contribution in [3.63, 3.8) is 0 Å². The lowest BCUT2D eigenvalue weighted by Crippen LogP contribution is -2.39. The molecule has 1 aliphatic heterocycles. The molecule has 3 aromatic rings. The van der Waals surface area contributed by atoms with Gasteiger partial charge in [-0.2, -0.15) is 0 Å². The number of ether oxygens (including phenoxy) is 3. The van der Waals surface area contributed by atoms with Gasteiger partial charge in [0.15, 0.2) is 11.5 Å². The summed E-state index contributed by atoms with van der Waals surface area (Å²) in [6.45, 7) is 7.69. The van der Waals surface area contributed by atoms with Crippen LogP contribution < -0.4 is 24.4 Å². The largest absolute Gasteiger partial charge is 0.493 e. The van der Waals surface area contributed by atoms with E-state index in [1.807, 2.05) is 58.0 Å². The summed E-state index contributed by atoms with van der Waals surface area (Å²) in [7, 11) is 4.66. The Hall–Kier alpha value is -3.85. The molecule has 1 N–H and O–H groups in total. The lowest BCUT2D eigenvalue weighted by Gasteiger charge is -2.21. The Bertz CT molecular complexity index is 1360. The van der Waals surface area contributed by atoms with Crippen LogP contribution in [-0.2, 0) is 9.59 Å². The molecular formula is C28H31N3O5S. The van der Waals surface area contributed by atoms with Gasteiger partial charge in [0, 0.05) is 21.7 Å². The van der Waals surface area contributed by atoms with E-state index in [-0.39, 0.29) is 24.9 Å². The second-order valence-electron chi connectivity index (χ2n) is 8.84. The number of rotatable bonds is 7. The van der Waals surface area contributed by atoms with Crippen molar-refractivity contribution < 1.29 is 23.8 Å². The van der Waals surface area contributed by atoms with Gasteiger partial charge in [-0.15, -0.1) is 11.3 Å². The average molecular weight is 522 g/mol. The number of nitrogens with zero attached hydrogens (tertiary/aromatic N) is 2. The number of aryl methyl sites for hydroxylation is 3. The number of hydrogen-bond acceptors (Lipinski definition) is 7. The third-order valence-corrected chi connectivity index (χ3v) is 7.74. The highest BCUT2D eigenvalue weighted by Gasteiger charge is 2.32. The standard InChI is InChI=1S/C28H31N3O5S/c1-15-9-8-10-16(2)25(15)30-22(32)14-31-23(33)13-29-26(24-17(3)18(4)37-28(24)31)19-11-20(34-5)27(36-7)21(12-19)35-6/h8-12H,13-14H2,1-7H3,(H,30,32). The van der Waals surface area contributed by atoms with E-state index < -0.39 is 0 Å². The number of amides is 2. The monoisotopic (exact) mass is 521 g/mol. The first-order valence-corrected chi connectivity index (χ1v) is 12.6. The number of benzene rings is 2. The second kappa shape index (κ2) is 10.6. The van der Waals surface area contributed by atoms with Crippen LogP contribution in [-0.4, -0.2) is 51.9 Å². The number of carbonyl (C=O) groups excluding carboxylic acids is 2. The molecule has 1 aromatic heterocycles. The zero-order valence-electron chi connectivity index (χ0n) is 22.1. The lowest BCUT2D eigenvalue weighted by atomic mass is 9.99. The highest BCUT2D eigenvalue weighted by atomic mass is 32.1. The molecule has 37 heavy (non-hydrogen) atoms. The first kappa shape index (κ1) is 26.2. The summed E-state index contributed by atoms with van der Waals surface area (Å²) in [6, 6.07) is 9.49. The van der Waals surface area contributed by atoms with E-state index in [0.29, 0.717) is 28.0 Å². The van der Waals surface area contributed by atoms with Crippen molar-refractivity contribution in [1.82, 2.24) is 0 Å². The fourth-order valence-corrected chi connectivity index (χ4v) is 5.62. The van der Waals surface area contributed by atoms with Crippen molar-refractivity contribution in [1.29, 1.82) is 0 Å². The van der Waals surface area contributed by atoms with Crippen molar-refractivity contribution in [3.05, 3.63) is 63.0 Å². The molecule has 4 rings (SSSR count).